The van der Waals surface area contributed by atoms with E-state index in [4.69, 9.17) is 9.84 Å². The predicted molar refractivity (Wildman–Crippen MR) is 122 cm³/mol. The molecule has 0 aromatic heterocycles. The van der Waals surface area contributed by atoms with Crippen LogP contribution in [0.15, 0.2) is 11.6 Å². The normalized spacial score (nSPS) is 34.1. The van der Waals surface area contributed by atoms with E-state index in [-0.39, 0.29) is 36.1 Å². The zero-order valence-corrected chi connectivity index (χ0v) is 20.5. The SMILES string of the molecule is CCC(C)(C)C(=O)O[C@H]1C[C@@H](C)C(O)C2=CC(O)[C@H](C)[C@H](CC[C@@H](O)C[C@@H](O)CC(=O)O)[C@H]21. The Morgan fingerprint density at radius 3 is 2.39 bits per heavy atom. The molecule has 0 spiro atoms. The molecule has 33 heavy (non-hydrogen) atoms. The molecule has 2 unspecified atom stereocenters. The Kier molecular flexibility index (Phi) is 9.50. The molecule has 0 radical (unpaired) electrons. The number of carbonyl (C=O) groups excluding carboxylic acids is 1. The van der Waals surface area contributed by atoms with Gasteiger partial charge in [-0.15, -0.1) is 0 Å². The predicted octanol–water partition coefficient (Wildman–Crippen LogP) is 2.27. The van der Waals surface area contributed by atoms with E-state index in [1.54, 1.807) is 6.08 Å². The Bertz CT molecular complexity index is 717. The number of rotatable bonds is 10. The summed E-state index contributed by atoms with van der Waals surface area (Å²) in [7, 11) is 0. The van der Waals surface area contributed by atoms with Crippen molar-refractivity contribution in [2.45, 2.75) is 104 Å². The van der Waals surface area contributed by atoms with Crippen LogP contribution in [0.3, 0.4) is 0 Å². The quantitative estimate of drug-likeness (QED) is 0.242. The maximum Gasteiger partial charge on any atom is 0.311 e. The van der Waals surface area contributed by atoms with Gasteiger partial charge in [0.15, 0.2) is 0 Å². The summed E-state index contributed by atoms with van der Waals surface area (Å²) < 4.78 is 6.02. The molecular weight excluding hydrogens is 428 g/mol. The third kappa shape index (κ3) is 6.78. The first-order valence-corrected chi connectivity index (χ1v) is 12.1. The minimum Gasteiger partial charge on any atom is -0.481 e. The van der Waals surface area contributed by atoms with Crippen molar-refractivity contribution in [2.75, 3.05) is 0 Å². The maximum absolute atomic E-state index is 12.9. The monoisotopic (exact) mass is 470 g/mol. The molecule has 0 aliphatic heterocycles. The molecule has 190 valence electrons. The van der Waals surface area contributed by atoms with Gasteiger partial charge in [0.05, 0.1) is 36.3 Å². The van der Waals surface area contributed by atoms with E-state index in [1.807, 2.05) is 34.6 Å². The molecule has 1 fully saturated rings. The van der Waals surface area contributed by atoms with Crippen LogP contribution in [0, 0.1) is 29.1 Å². The van der Waals surface area contributed by atoms with Gasteiger partial charge in [-0.25, -0.2) is 0 Å². The van der Waals surface area contributed by atoms with Gasteiger partial charge in [-0.2, -0.15) is 0 Å². The van der Waals surface area contributed by atoms with Gasteiger partial charge < -0.3 is 30.3 Å². The largest absolute Gasteiger partial charge is 0.481 e. The summed E-state index contributed by atoms with van der Waals surface area (Å²) in [5.74, 6) is -2.16. The molecule has 0 amide bonds. The average molecular weight is 471 g/mol. The lowest BCUT2D eigenvalue weighted by Gasteiger charge is -2.49. The fourth-order valence-electron chi connectivity index (χ4n) is 5.15. The molecule has 0 saturated heterocycles. The minimum atomic E-state index is -1.13. The number of aliphatic carboxylic acids is 1. The lowest BCUT2D eigenvalue weighted by atomic mass is 9.61. The Morgan fingerprint density at radius 2 is 1.82 bits per heavy atom. The van der Waals surface area contributed by atoms with Gasteiger partial charge >= 0.3 is 11.9 Å². The van der Waals surface area contributed by atoms with E-state index in [9.17, 15) is 30.0 Å². The van der Waals surface area contributed by atoms with Gasteiger partial charge in [0.25, 0.3) is 0 Å². The molecule has 5 N–H and O–H groups in total. The Balaban J connectivity index is 2.23. The van der Waals surface area contributed by atoms with Crippen LogP contribution in [-0.4, -0.2) is 68.0 Å². The summed E-state index contributed by atoms with van der Waals surface area (Å²) in [5, 5.41) is 50.6. The summed E-state index contributed by atoms with van der Waals surface area (Å²) >= 11 is 0. The van der Waals surface area contributed by atoms with E-state index >= 15 is 0 Å². The first kappa shape index (κ1) is 27.8. The zero-order valence-electron chi connectivity index (χ0n) is 20.5. The first-order valence-electron chi connectivity index (χ1n) is 12.1. The fourth-order valence-corrected chi connectivity index (χ4v) is 5.15. The number of aliphatic hydroxyl groups is 4. The van der Waals surface area contributed by atoms with E-state index in [0.29, 0.717) is 31.3 Å². The van der Waals surface area contributed by atoms with E-state index in [2.05, 4.69) is 0 Å². The van der Waals surface area contributed by atoms with Crippen molar-refractivity contribution >= 4 is 11.9 Å². The van der Waals surface area contributed by atoms with Crippen LogP contribution in [0.25, 0.3) is 0 Å². The molecule has 0 bridgehead atoms. The van der Waals surface area contributed by atoms with Gasteiger partial charge in [0, 0.05) is 5.92 Å². The van der Waals surface area contributed by atoms with Crippen LogP contribution in [0.4, 0.5) is 0 Å². The number of hydrogen-bond acceptors (Lipinski definition) is 7. The second-order valence-corrected chi connectivity index (χ2v) is 10.8. The maximum atomic E-state index is 12.9. The van der Waals surface area contributed by atoms with Gasteiger partial charge in [-0.1, -0.05) is 26.8 Å². The third-order valence-electron chi connectivity index (χ3n) is 7.79. The molecule has 2 aliphatic rings. The Labute approximate surface area is 196 Å². The lowest BCUT2D eigenvalue weighted by molar-refractivity contribution is -0.168. The highest BCUT2D eigenvalue weighted by atomic mass is 16.5. The van der Waals surface area contributed by atoms with Crippen LogP contribution in [0.1, 0.15) is 73.1 Å². The highest BCUT2D eigenvalue weighted by Gasteiger charge is 2.49. The zero-order chi connectivity index (χ0) is 25.1. The summed E-state index contributed by atoms with van der Waals surface area (Å²) in [6.07, 6.45) is -0.838. The van der Waals surface area contributed by atoms with Crippen LogP contribution in [0.5, 0.6) is 0 Å². The smallest absolute Gasteiger partial charge is 0.311 e. The van der Waals surface area contributed by atoms with Crippen LogP contribution < -0.4 is 0 Å². The Hall–Kier alpha value is -1.48. The number of carboxylic acid groups (broad SMARTS) is 1. The standard InChI is InChI=1S/C25H42O8/c1-6-25(4,5)24(32)33-20-9-13(2)23(31)18-12-19(28)14(3)17(22(18)20)8-7-15(26)10-16(27)11-21(29)30/h12-17,19-20,22-23,26-28,31H,6-11H2,1-5H3,(H,29,30)/t13-,14-,15-,16-,17+,19?,20+,22-,23?/m1/s1. The number of carboxylic acids is 1. The molecule has 2 rings (SSSR count). The van der Waals surface area contributed by atoms with Crippen molar-refractivity contribution < 1.29 is 39.9 Å². The molecular formula is C25H42O8. The van der Waals surface area contributed by atoms with Gasteiger partial charge in [-0.3, -0.25) is 9.59 Å². The lowest BCUT2D eigenvalue weighted by Crippen LogP contribution is -2.51. The third-order valence-corrected chi connectivity index (χ3v) is 7.79. The summed E-state index contributed by atoms with van der Waals surface area (Å²) in [6.45, 7) is 9.43. The molecule has 9 atom stereocenters. The Morgan fingerprint density at radius 1 is 1.18 bits per heavy atom. The molecule has 0 heterocycles. The highest BCUT2D eigenvalue weighted by Crippen LogP contribution is 2.48. The van der Waals surface area contributed by atoms with Crippen molar-refractivity contribution in [3.63, 3.8) is 0 Å². The van der Waals surface area contributed by atoms with E-state index < -0.39 is 48.3 Å². The molecule has 8 nitrogen and oxygen atoms in total. The van der Waals surface area contributed by atoms with Gasteiger partial charge in [-0.05, 0) is 69.3 Å². The van der Waals surface area contributed by atoms with E-state index in [0.717, 1.165) is 0 Å². The molecule has 0 aromatic carbocycles. The van der Waals surface area contributed by atoms with Crippen molar-refractivity contribution in [2.24, 2.45) is 29.1 Å². The number of ether oxygens (including phenoxy) is 1. The number of aliphatic hydroxyl groups excluding tert-OH is 4. The minimum absolute atomic E-state index is 0.0495. The van der Waals surface area contributed by atoms with Crippen molar-refractivity contribution in [3.8, 4) is 0 Å². The number of carbonyl (C=O) groups is 2. The van der Waals surface area contributed by atoms with Crippen LogP contribution >= 0.6 is 0 Å². The van der Waals surface area contributed by atoms with Crippen LogP contribution in [-0.2, 0) is 14.3 Å². The van der Waals surface area contributed by atoms with Gasteiger partial charge in [0.1, 0.15) is 6.10 Å². The topological polar surface area (TPSA) is 145 Å². The second-order valence-electron chi connectivity index (χ2n) is 10.8. The number of hydrogen-bond donors (Lipinski definition) is 5. The summed E-state index contributed by atoms with van der Waals surface area (Å²) in [5.41, 5.74) is 0.0615. The molecule has 2 aliphatic carbocycles. The second kappa shape index (κ2) is 11.3. The van der Waals surface area contributed by atoms with Crippen LogP contribution in [0.2, 0.25) is 0 Å². The fraction of sp³-hybridized carbons (Fsp3) is 0.840. The average Bonchev–Trinajstić information content (AvgIpc) is 2.71. The van der Waals surface area contributed by atoms with Crippen molar-refractivity contribution in [3.05, 3.63) is 11.6 Å². The van der Waals surface area contributed by atoms with Crippen molar-refractivity contribution in [1.82, 2.24) is 0 Å². The number of esters is 1. The molecule has 1 saturated carbocycles. The molecule has 0 aromatic rings. The summed E-state index contributed by atoms with van der Waals surface area (Å²) in [6, 6.07) is 0. The van der Waals surface area contributed by atoms with E-state index in [1.165, 1.54) is 0 Å². The van der Waals surface area contributed by atoms with Gasteiger partial charge in [0.2, 0.25) is 0 Å². The summed E-state index contributed by atoms with van der Waals surface area (Å²) in [4.78, 5) is 23.7. The first-order chi connectivity index (χ1) is 15.3. The molecule has 8 heteroatoms. The highest BCUT2D eigenvalue weighted by molar-refractivity contribution is 5.76. The number of fused-ring (bicyclic) bond motifs is 1. The van der Waals surface area contributed by atoms with Crippen molar-refractivity contribution in [1.29, 1.82) is 0 Å².